The van der Waals surface area contributed by atoms with Crippen LogP contribution in [0.4, 0.5) is 17.1 Å². The number of hydrogen-bond acceptors (Lipinski definition) is 6. The monoisotopic (exact) mass is 688 g/mol. The predicted molar refractivity (Wildman–Crippen MR) is 206 cm³/mol. The van der Waals surface area contributed by atoms with Gasteiger partial charge in [0.2, 0.25) is 0 Å². The third kappa shape index (κ3) is 9.95. The van der Waals surface area contributed by atoms with E-state index in [0.717, 1.165) is 57.6 Å². The van der Waals surface area contributed by atoms with Gasteiger partial charge in [0.25, 0.3) is 0 Å². The highest BCUT2D eigenvalue weighted by atomic mass is 32.1. The van der Waals surface area contributed by atoms with Crippen LogP contribution in [0.15, 0.2) is 103 Å². The van der Waals surface area contributed by atoms with E-state index in [4.69, 9.17) is 10.00 Å². The normalized spacial score (nSPS) is 11.3. The first kappa shape index (κ1) is 35.7. The van der Waals surface area contributed by atoms with Crippen molar-refractivity contribution in [1.82, 2.24) is 0 Å². The van der Waals surface area contributed by atoms with Gasteiger partial charge in [-0.1, -0.05) is 76.6 Å². The highest BCUT2D eigenvalue weighted by Gasteiger charge is 2.15. The van der Waals surface area contributed by atoms with Gasteiger partial charge in [-0.15, -0.1) is 22.7 Å². The average Bonchev–Trinajstić information content (AvgIpc) is 3.81. The van der Waals surface area contributed by atoms with E-state index < -0.39 is 5.97 Å². The third-order valence-corrected chi connectivity index (χ3v) is 10.7. The van der Waals surface area contributed by atoms with E-state index in [0.29, 0.717) is 0 Å². The number of aliphatic carboxylic acids is 1. The fourth-order valence-corrected chi connectivity index (χ4v) is 7.68. The van der Waals surface area contributed by atoms with E-state index in [-0.39, 0.29) is 5.57 Å². The number of unbranched alkanes of at least 4 members (excludes halogenated alkanes) is 6. The fraction of sp³-hybridized carbons (Fsp3) is 0.286. The number of ether oxygens (including phenoxy) is 1. The Balaban J connectivity index is 1.38. The van der Waals surface area contributed by atoms with Crippen molar-refractivity contribution in [2.75, 3.05) is 11.5 Å². The van der Waals surface area contributed by atoms with E-state index in [1.807, 2.05) is 35.6 Å². The Bertz CT molecular complexity index is 1850. The molecule has 0 aliphatic carbocycles. The van der Waals surface area contributed by atoms with Crippen LogP contribution in [0, 0.1) is 11.3 Å². The van der Waals surface area contributed by atoms with Crippen molar-refractivity contribution in [1.29, 1.82) is 5.26 Å². The summed E-state index contributed by atoms with van der Waals surface area (Å²) in [6.07, 6.45) is 12.4. The second-order valence-electron chi connectivity index (χ2n) is 12.1. The van der Waals surface area contributed by atoms with Gasteiger partial charge in [0, 0.05) is 36.6 Å². The number of thiophene rings is 2. The van der Waals surface area contributed by atoms with Crippen LogP contribution >= 0.6 is 22.7 Å². The van der Waals surface area contributed by atoms with Crippen LogP contribution in [0.25, 0.3) is 27.0 Å². The lowest BCUT2D eigenvalue weighted by molar-refractivity contribution is -0.132. The molecule has 0 saturated heterocycles. The topological polar surface area (TPSA) is 73.6 Å². The van der Waals surface area contributed by atoms with Gasteiger partial charge in [-0.25, -0.2) is 4.79 Å². The fourth-order valence-electron chi connectivity index (χ4n) is 5.67. The molecular weight excluding hydrogens is 645 g/mol. The maximum Gasteiger partial charge on any atom is 0.346 e. The lowest BCUT2D eigenvalue weighted by Gasteiger charge is -2.26. The number of benzene rings is 3. The van der Waals surface area contributed by atoms with Crippen LogP contribution in [0.1, 0.15) is 75.0 Å². The summed E-state index contributed by atoms with van der Waals surface area (Å²) in [6.45, 7) is 5.19. The van der Waals surface area contributed by atoms with E-state index in [1.54, 1.807) is 6.07 Å². The Hall–Kier alpha value is -4.64. The molecule has 0 amide bonds. The van der Waals surface area contributed by atoms with Crippen LogP contribution in [-0.2, 0) is 11.2 Å². The summed E-state index contributed by atoms with van der Waals surface area (Å²) in [5.74, 6) is -0.349. The molecule has 0 radical (unpaired) electrons. The number of rotatable bonds is 18. The molecule has 2 heterocycles. The summed E-state index contributed by atoms with van der Waals surface area (Å²) in [5.41, 5.74) is 5.07. The van der Waals surface area contributed by atoms with Gasteiger partial charge in [0.05, 0.1) is 6.61 Å². The number of carboxylic acids is 1. The van der Waals surface area contributed by atoms with Gasteiger partial charge in [0.1, 0.15) is 17.4 Å². The summed E-state index contributed by atoms with van der Waals surface area (Å²) in [4.78, 5) is 18.0. The van der Waals surface area contributed by atoms with E-state index in [9.17, 15) is 9.90 Å². The minimum absolute atomic E-state index is 0.278. The summed E-state index contributed by atoms with van der Waals surface area (Å²) >= 11 is 3.35. The Morgan fingerprint density at radius 2 is 1.27 bits per heavy atom. The van der Waals surface area contributed by atoms with Gasteiger partial charge in [-0.05, 0) is 109 Å². The predicted octanol–water partition coefficient (Wildman–Crippen LogP) is 12.7. The second kappa shape index (κ2) is 18.2. The maximum absolute atomic E-state index is 11.3. The first-order chi connectivity index (χ1) is 24.0. The van der Waals surface area contributed by atoms with Crippen molar-refractivity contribution >= 4 is 51.8 Å². The molecule has 0 aliphatic rings. The Morgan fingerprint density at radius 1 is 0.714 bits per heavy atom. The lowest BCUT2D eigenvalue weighted by atomic mass is 10.1. The van der Waals surface area contributed by atoms with Gasteiger partial charge in [0.15, 0.2) is 0 Å². The zero-order chi connectivity index (χ0) is 34.4. The molecule has 252 valence electrons. The Kier molecular flexibility index (Phi) is 13.3. The number of hydrogen-bond donors (Lipinski definition) is 1. The van der Waals surface area contributed by atoms with Gasteiger partial charge < -0.3 is 14.7 Å². The molecule has 1 N–H and O–H groups in total. The minimum atomic E-state index is -1.22. The molecule has 49 heavy (non-hydrogen) atoms. The lowest BCUT2D eigenvalue weighted by Crippen LogP contribution is -2.10. The Morgan fingerprint density at radius 3 is 1.84 bits per heavy atom. The van der Waals surface area contributed by atoms with Gasteiger partial charge in [-0.2, -0.15) is 5.26 Å². The zero-order valence-electron chi connectivity index (χ0n) is 28.4. The number of nitriles is 1. The van der Waals surface area contributed by atoms with Crippen LogP contribution in [0.3, 0.4) is 0 Å². The molecule has 0 fully saturated rings. The highest BCUT2D eigenvalue weighted by Crippen LogP contribution is 2.39. The van der Waals surface area contributed by atoms with E-state index in [1.165, 1.54) is 77.7 Å². The molecule has 0 bridgehead atoms. The molecule has 0 aliphatic heterocycles. The third-order valence-electron chi connectivity index (χ3n) is 8.38. The van der Waals surface area contributed by atoms with Crippen molar-refractivity contribution in [3.05, 3.63) is 112 Å². The number of anilines is 3. The standard InChI is InChI=1S/C42H44N2O3S2/c1-3-5-7-9-11-38-24-26-40(48-38)31-12-16-34(17-13-31)44(36-20-22-37(23-21-36)47-28-10-8-6-4-2)35-18-14-32(15-19-35)41-27-25-39(49-41)29-33(30-43)42(45)46/h12-27,29H,3-11,28H2,1-2H3,(H,45,46)/b33-29-. The van der Waals surface area contributed by atoms with Gasteiger partial charge in [-0.3, -0.25) is 0 Å². The molecule has 0 spiro atoms. The number of carbonyl (C=O) groups is 1. The van der Waals surface area contributed by atoms with Crippen LogP contribution in [0.5, 0.6) is 5.75 Å². The first-order valence-electron chi connectivity index (χ1n) is 17.3. The summed E-state index contributed by atoms with van der Waals surface area (Å²) in [6, 6.07) is 35.6. The molecule has 7 heteroatoms. The summed E-state index contributed by atoms with van der Waals surface area (Å²) in [7, 11) is 0. The van der Waals surface area contributed by atoms with Crippen molar-refractivity contribution < 1.29 is 14.6 Å². The molecule has 5 aromatic rings. The minimum Gasteiger partial charge on any atom is -0.494 e. The second-order valence-corrected chi connectivity index (χ2v) is 14.4. The quantitative estimate of drug-likeness (QED) is 0.0563. The number of nitrogens with zero attached hydrogens (tertiary/aromatic N) is 2. The average molecular weight is 689 g/mol. The molecule has 3 aromatic carbocycles. The Labute approximate surface area is 298 Å². The molecule has 0 unspecified atom stereocenters. The van der Waals surface area contributed by atoms with E-state index in [2.05, 4.69) is 91.5 Å². The zero-order valence-corrected chi connectivity index (χ0v) is 30.0. The number of carboxylic acid groups (broad SMARTS) is 1. The molecule has 5 rings (SSSR count). The molecule has 0 atom stereocenters. The molecule has 5 nitrogen and oxygen atoms in total. The molecule has 2 aromatic heterocycles. The van der Waals surface area contributed by atoms with Crippen molar-refractivity contribution in [3.63, 3.8) is 0 Å². The smallest absolute Gasteiger partial charge is 0.346 e. The van der Waals surface area contributed by atoms with Crippen LogP contribution < -0.4 is 9.64 Å². The van der Waals surface area contributed by atoms with Crippen molar-refractivity contribution in [2.24, 2.45) is 0 Å². The molecular formula is C42H44N2O3S2. The largest absolute Gasteiger partial charge is 0.494 e. The summed E-state index contributed by atoms with van der Waals surface area (Å²) < 4.78 is 6.04. The summed E-state index contributed by atoms with van der Waals surface area (Å²) in [5, 5.41) is 18.4. The van der Waals surface area contributed by atoms with Crippen molar-refractivity contribution in [2.45, 2.75) is 71.6 Å². The SMILES string of the molecule is CCCCCCOc1ccc(N(c2ccc(-c3ccc(/C=C(/C#N)C(=O)O)s3)cc2)c2ccc(-c3ccc(CCCCCC)s3)cc2)cc1. The number of aryl methyl sites for hydroxylation is 1. The molecule has 0 saturated carbocycles. The van der Waals surface area contributed by atoms with E-state index >= 15 is 0 Å². The van der Waals surface area contributed by atoms with Gasteiger partial charge >= 0.3 is 5.97 Å². The first-order valence-corrected chi connectivity index (χ1v) is 18.9. The van der Waals surface area contributed by atoms with Crippen LogP contribution in [-0.4, -0.2) is 17.7 Å². The highest BCUT2D eigenvalue weighted by molar-refractivity contribution is 7.16. The van der Waals surface area contributed by atoms with Crippen LogP contribution in [0.2, 0.25) is 0 Å². The maximum atomic E-state index is 11.3. The van der Waals surface area contributed by atoms with Crippen molar-refractivity contribution in [3.8, 4) is 32.7 Å².